The Bertz CT molecular complexity index is 340. The molecule has 2 rings (SSSR count). The second-order valence-electron chi connectivity index (χ2n) is 4.26. The molecule has 0 unspecified atom stereocenters. The van der Waals surface area contributed by atoms with Gasteiger partial charge in [-0.1, -0.05) is 6.92 Å². The SMILES string of the molecule is Cc1ccc([C@@H]2C(=O)CCC[C@@H]2C)s1. The summed E-state index contributed by atoms with van der Waals surface area (Å²) in [7, 11) is 0. The van der Waals surface area contributed by atoms with Crippen molar-refractivity contribution in [3.05, 3.63) is 21.9 Å². The molecule has 0 amide bonds. The van der Waals surface area contributed by atoms with Crippen LogP contribution in [0.3, 0.4) is 0 Å². The summed E-state index contributed by atoms with van der Waals surface area (Å²) in [5, 5.41) is 0. The van der Waals surface area contributed by atoms with Crippen LogP contribution in [0.4, 0.5) is 0 Å². The highest BCUT2D eigenvalue weighted by atomic mass is 32.1. The summed E-state index contributed by atoms with van der Waals surface area (Å²) < 4.78 is 0. The molecule has 1 aromatic rings. The highest BCUT2D eigenvalue weighted by Crippen LogP contribution is 2.37. The third kappa shape index (κ3) is 1.76. The summed E-state index contributed by atoms with van der Waals surface area (Å²) in [6.45, 7) is 4.31. The molecule has 1 saturated carbocycles. The first-order valence-corrected chi connectivity index (χ1v) is 6.09. The number of ketones is 1. The lowest BCUT2D eigenvalue weighted by molar-refractivity contribution is -0.123. The molecule has 14 heavy (non-hydrogen) atoms. The second kappa shape index (κ2) is 3.85. The lowest BCUT2D eigenvalue weighted by atomic mass is 9.79. The molecular weight excluding hydrogens is 192 g/mol. The first kappa shape index (κ1) is 9.91. The van der Waals surface area contributed by atoms with E-state index in [1.807, 2.05) is 0 Å². The van der Waals surface area contributed by atoms with Crippen molar-refractivity contribution in [1.29, 1.82) is 0 Å². The molecule has 1 fully saturated rings. The molecule has 0 aromatic carbocycles. The van der Waals surface area contributed by atoms with E-state index in [0.717, 1.165) is 12.8 Å². The van der Waals surface area contributed by atoms with Crippen molar-refractivity contribution in [1.82, 2.24) is 0 Å². The Labute approximate surface area is 89.1 Å². The normalized spacial score (nSPS) is 28.0. The van der Waals surface area contributed by atoms with E-state index in [9.17, 15) is 4.79 Å². The van der Waals surface area contributed by atoms with E-state index in [1.54, 1.807) is 11.3 Å². The molecule has 1 aromatic heterocycles. The molecule has 1 aliphatic carbocycles. The summed E-state index contributed by atoms with van der Waals surface area (Å²) >= 11 is 1.78. The number of Topliss-reactive ketones (excluding diaryl/α,β-unsaturated/α-hetero) is 1. The molecule has 1 nitrogen and oxygen atoms in total. The van der Waals surface area contributed by atoms with Gasteiger partial charge in [0.25, 0.3) is 0 Å². The fourth-order valence-electron chi connectivity index (χ4n) is 2.30. The van der Waals surface area contributed by atoms with Crippen LogP contribution in [0.25, 0.3) is 0 Å². The number of carbonyl (C=O) groups is 1. The van der Waals surface area contributed by atoms with E-state index in [0.29, 0.717) is 11.7 Å². The average molecular weight is 208 g/mol. The minimum absolute atomic E-state index is 0.197. The van der Waals surface area contributed by atoms with Crippen LogP contribution in [-0.4, -0.2) is 5.78 Å². The van der Waals surface area contributed by atoms with Gasteiger partial charge in [-0.05, 0) is 37.8 Å². The molecule has 0 radical (unpaired) electrons. The van der Waals surface area contributed by atoms with Gasteiger partial charge < -0.3 is 0 Å². The molecule has 2 atom stereocenters. The Balaban J connectivity index is 2.26. The van der Waals surface area contributed by atoms with Gasteiger partial charge in [-0.2, -0.15) is 0 Å². The number of aryl methyl sites for hydroxylation is 1. The van der Waals surface area contributed by atoms with Gasteiger partial charge >= 0.3 is 0 Å². The van der Waals surface area contributed by atoms with Crippen molar-refractivity contribution >= 4 is 17.1 Å². The molecule has 0 spiro atoms. The summed E-state index contributed by atoms with van der Waals surface area (Å²) in [5.74, 6) is 1.18. The first-order valence-electron chi connectivity index (χ1n) is 5.27. The fourth-order valence-corrected chi connectivity index (χ4v) is 3.43. The first-order chi connectivity index (χ1) is 6.68. The van der Waals surface area contributed by atoms with E-state index in [4.69, 9.17) is 0 Å². The Morgan fingerprint density at radius 1 is 1.43 bits per heavy atom. The van der Waals surface area contributed by atoms with Crippen LogP contribution in [0.5, 0.6) is 0 Å². The van der Waals surface area contributed by atoms with Gasteiger partial charge in [-0.3, -0.25) is 4.79 Å². The average Bonchev–Trinajstić information content (AvgIpc) is 2.51. The maximum atomic E-state index is 11.8. The summed E-state index contributed by atoms with van der Waals surface area (Å²) in [4.78, 5) is 14.4. The summed E-state index contributed by atoms with van der Waals surface area (Å²) in [6.07, 6.45) is 3.07. The largest absolute Gasteiger partial charge is 0.299 e. The molecule has 1 aliphatic rings. The van der Waals surface area contributed by atoms with E-state index in [2.05, 4.69) is 26.0 Å². The van der Waals surface area contributed by atoms with Gasteiger partial charge in [-0.15, -0.1) is 11.3 Å². The second-order valence-corrected chi connectivity index (χ2v) is 5.58. The van der Waals surface area contributed by atoms with Gasteiger partial charge in [-0.25, -0.2) is 0 Å². The standard InChI is InChI=1S/C12H16OS/c1-8-4-3-5-10(13)12(8)11-7-6-9(2)14-11/h6-8,12H,3-5H2,1-2H3/t8-,12-/m0/s1. The number of carbonyl (C=O) groups excluding carboxylic acids is 1. The topological polar surface area (TPSA) is 17.1 Å². The molecule has 1 heterocycles. The number of thiophene rings is 1. The predicted octanol–water partition coefficient (Wildman–Crippen LogP) is 3.53. The van der Waals surface area contributed by atoms with Crippen LogP contribution in [0.1, 0.15) is 41.9 Å². The number of hydrogen-bond acceptors (Lipinski definition) is 2. The van der Waals surface area contributed by atoms with Crippen molar-refractivity contribution in [3.63, 3.8) is 0 Å². The van der Waals surface area contributed by atoms with Crippen molar-refractivity contribution < 1.29 is 4.79 Å². The Hall–Kier alpha value is -0.630. The highest BCUT2D eigenvalue weighted by molar-refractivity contribution is 7.12. The van der Waals surface area contributed by atoms with Crippen molar-refractivity contribution in [2.75, 3.05) is 0 Å². The molecule has 0 N–H and O–H groups in total. The van der Waals surface area contributed by atoms with Crippen molar-refractivity contribution in [2.24, 2.45) is 5.92 Å². The number of hydrogen-bond donors (Lipinski definition) is 0. The number of rotatable bonds is 1. The lowest BCUT2D eigenvalue weighted by Gasteiger charge is -2.26. The smallest absolute Gasteiger partial charge is 0.141 e. The Kier molecular flexibility index (Phi) is 2.73. The maximum Gasteiger partial charge on any atom is 0.141 e. The van der Waals surface area contributed by atoms with Gasteiger partial charge in [0, 0.05) is 16.2 Å². The van der Waals surface area contributed by atoms with Gasteiger partial charge in [0.1, 0.15) is 5.78 Å². The molecule has 0 bridgehead atoms. The van der Waals surface area contributed by atoms with E-state index < -0.39 is 0 Å². The predicted molar refractivity (Wildman–Crippen MR) is 59.8 cm³/mol. The fraction of sp³-hybridized carbons (Fsp3) is 0.583. The minimum atomic E-state index is 0.197. The molecular formula is C12H16OS. The van der Waals surface area contributed by atoms with Crippen LogP contribution in [0.2, 0.25) is 0 Å². The lowest BCUT2D eigenvalue weighted by Crippen LogP contribution is -2.23. The zero-order chi connectivity index (χ0) is 10.1. The van der Waals surface area contributed by atoms with Crippen LogP contribution >= 0.6 is 11.3 Å². The zero-order valence-corrected chi connectivity index (χ0v) is 9.56. The van der Waals surface area contributed by atoms with Crippen LogP contribution in [-0.2, 0) is 4.79 Å². The third-order valence-electron chi connectivity index (χ3n) is 3.07. The van der Waals surface area contributed by atoms with Gasteiger partial charge in [0.05, 0.1) is 5.92 Å². The van der Waals surface area contributed by atoms with Crippen molar-refractivity contribution in [2.45, 2.75) is 39.0 Å². The molecule has 76 valence electrons. The third-order valence-corrected chi connectivity index (χ3v) is 4.15. The van der Waals surface area contributed by atoms with Crippen LogP contribution in [0, 0.1) is 12.8 Å². The van der Waals surface area contributed by atoms with Gasteiger partial charge in [0.2, 0.25) is 0 Å². The van der Waals surface area contributed by atoms with E-state index >= 15 is 0 Å². The monoisotopic (exact) mass is 208 g/mol. The minimum Gasteiger partial charge on any atom is -0.299 e. The Morgan fingerprint density at radius 3 is 2.79 bits per heavy atom. The van der Waals surface area contributed by atoms with Crippen molar-refractivity contribution in [3.8, 4) is 0 Å². The highest BCUT2D eigenvalue weighted by Gasteiger charge is 2.30. The summed E-state index contributed by atoms with van der Waals surface area (Å²) in [5.41, 5.74) is 0. The Morgan fingerprint density at radius 2 is 2.21 bits per heavy atom. The molecule has 0 aliphatic heterocycles. The summed E-state index contributed by atoms with van der Waals surface area (Å²) in [6, 6.07) is 4.25. The van der Waals surface area contributed by atoms with E-state index in [-0.39, 0.29) is 5.92 Å². The maximum absolute atomic E-state index is 11.8. The zero-order valence-electron chi connectivity index (χ0n) is 8.75. The quantitative estimate of drug-likeness (QED) is 0.690. The van der Waals surface area contributed by atoms with Gasteiger partial charge in [0.15, 0.2) is 0 Å². The van der Waals surface area contributed by atoms with Crippen LogP contribution in [0.15, 0.2) is 12.1 Å². The molecule has 2 heteroatoms. The van der Waals surface area contributed by atoms with E-state index in [1.165, 1.54) is 16.2 Å². The van der Waals surface area contributed by atoms with Crippen LogP contribution < -0.4 is 0 Å². The molecule has 0 saturated heterocycles.